The summed E-state index contributed by atoms with van der Waals surface area (Å²) < 4.78 is 5.37. The minimum absolute atomic E-state index is 0.0963. The molecule has 42 heavy (non-hydrogen) atoms. The molecule has 0 spiro atoms. The summed E-state index contributed by atoms with van der Waals surface area (Å²) in [7, 11) is 1.77. The Morgan fingerprint density at radius 3 is 2.36 bits per heavy atom. The summed E-state index contributed by atoms with van der Waals surface area (Å²) in [6.07, 6.45) is -0.0705. The molecular weight excluding hydrogens is 577 g/mol. The van der Waals surface area contributed by atoms with Crippen LogP contribution in [0.1, 0.15) is 63.8 Å². The van der Waals surface area contributed by atoms with Gasteiger partial charge in [-0.2, -0.15) is 0 Å². The first kappa shape index (κ1) is 33.8. The number of hydrogen-bond donors (Lipinski definition) is 2. The third-order valence-corrected chi connectivity index (χ3v) is 8.02. The van der Waals surface area contributed by atoms with Crippen LogP contribution in [0.25, 0.3) is 0 Å². The minimum atomic E-state index is -0.708. The topological polar surface area (TPSA) is 99.2 Å². The SMILES string of the molecule is CC(C)C(NC(=O)OC(C)(C)C)C(=O)Cc1cccc([C@@H](CN2CC[C@H](O)C2)N(C)C(=O)Cc2ccc(Cl)c(Cl)c2)c1. The number of ketones is 1. The molecule has 230 valence electrons. The molecule has 1 unspecified atom stereocenters. The molecule has 0 saturated carbocycles. The molecule has 0 bridgehead atoms. The van der Waals surface area contributed by atoms with Gasteiger partial charge in [0.15, 0.2) is 5.78 Å². The number of β-amino-alcohol motifs (C(OH)–C–C–N with tert-alkyl or cyclic N) is 1. The van der Waals surface area contributed by atoms with Gasteiger partial charge >= 0.3 is 6.09 Å². The van der Waals surface area contributed by atoms with Crippen LogP contribution in [0.5, 0.6) is 0 Å². The molecule has 3 rings (SSSR count). The van der Waals surface area contributed by atoms with Crippen LogP contribution in [0.4, 0.5) is 4.79 Å². The summed E-state index contributed by atoms with van der Waals surface area (Å²) in [5.74, 6) is -0.356. The summed E-state index contributed by atoms with van der Waals surface area (Å²) in [5, 5.41) is 13.7. The van der Waals surface area contributed by atoms with Crippen molar-refractivity contribution < 1.29 is 24.2 Å². The first-order valence-corrected chi connectivity index (χ1v) is 15.1. The highest BCUT2D eigenvalue weighted by Gasteiger charge is 2.30. The number of ether oxygens (including phenoxy) is 1. The number of aliphatic hydroxyl groups excluding tert-OH is 1. The third-order valence-electron chi connectivity index (χ3n) is 7.28. The standard InChI is InChI=1S/C32H43Cl2N3O5/c1-20(2)30(35-31(41)42-32(3,4)5)28(39)16-21-8-7-9-23(14-21)27(19-37-13-12-24(38)18-37)36(6)29(40)17-22-10-11-25(33)26(34)15-22/h7-11,14-15,20,24,27,30,38H,12-13,16-19H2,1-6H3,(H,35,41)/t24-,27+,30?/m0/s1. The van der Waals surface area contributed by atoms with E-state index >= 15 is 0 Å². The summed E-state index contributed by atoms with van der Waals surface area (Å²) >= 11 is 12.2. The molecule has 1 aliphatic heterocycles. The fraction of sp³-hybridized carbons (Fsp3) is 0.531. The maximum atomic E-state index is 13.5. The van der Waals surface area contributed by atoms with Gasteiger partial charge in [-0.05, 0) is 61.9 Å². The number of likely N-dealkylation sites (tertiary alicyclic amines) is 1. The van der Waals surface area contributed by atoms with Gasteiger partial charge in [-0.1, -0.05) is 67.4 Å². The minimum Gasteiger partial charge on any atom is -0.444 e. The van der Waals surface area contributed by atoms with E-state index in [9.17, 15) is 19.5 Å². The second-order valence-electron chi connectivity index (χ2n) is 12.4. The number of aliphatic hydroxyl groups is 1. The van der Waals surface area contributed by atoms with Gasteiger partial charge in [-0.15, -0.1) is 0 Å². The van der Waals surface area contributed by atoms with E-state index in [1.54, 1.807) is 50.9 Å². The Labute approximate surface area is 259 Å². The van der Waals surface area contributed by atoms with Gasteiger partial charge in [0.2, 0.25) is 5.91 Å². The predicted molar refractivity (Wildman–Crippen MR) is 166 cm³/mol. The second kappa shape index (κ2) is 14.7. The van der Waals surface area contributed by atoms with Crippen molar-refractivity contribution in [3.63, 3.8) is 0 Å². The van der Waals surface area contributed by atoms with Gasteiger partial charge < -0.3 is 20.1 Å². The largest absolute Gasteiger partial charge is 0.444 e. The quantitative estimate of drug-likeness (QED) is 0.346. The lowest BCUT2D eigenvalue weighted by molar-refractivity contribution is -0.131. The zero-order valence-corrected chi connectivity index (χ0v) is 26.8. The highest BCUT2D eigenvalue weighted by Crippen LogP contribution is 2.27. The number of carbonyl (C=O) groups excluding carboxylic acids is 3. The Morgan fingerprint density at radius 1 is 1.07 bits per heavy atom. The van der Waals surface area contributed by atoms with E-state index in [-0.39, 0.29) is 36.5 Å². The van der Waals surface area contributed by atoms with Crippen molar-refractivity contribution in [2.24, 2.45) is 5.92 Å². The Hall–Kier alpha value is -2.65. The lowest BCUT2D eigenvalue weighted by atomic mass is 9.93. The van der Waals surface area contributed by atoms with Gasteiger partial charge in [-0.25, -0.2) is 4.79 Å². The monoisotopic (exact) mass is 619 g/mol. The van der Waals surface area contributed by atoms with Gasteiger partial charge in [-0.3, -0.25) is 14.5 Å². The molecule has 0 aliphatic carbocycles. The van der Waals surface area contributed by atoms with Crippen molar-refractivity contribution >= 4 is 41.0 Å². The molecular formula is C32H43Cl2N3O5. The van der Waals surface area contributed by atoms with Crippen molar-refractivity contribution in [1.82, 2.24) is 15.1 Å². The zero-order chi connectivity index (χ0) is 31.2. The number of likely N-dealkylation sites (N-methyl/N-ethyl adjacent to an activating group) is 1. The van der Waals surface area contributed by atoms with Crippen LogP contribution in [0.3, 0.4) is 0 Å². The van der Waals surface area contributed by atoms with Crippen LogP contribution < -0.4 is 5.32 Å². The average Bonchev–Trinajstić information content (AvgIpc) is 3.31. The molecule has 0 radical (unpaired) electrons. The maximum absolute atomic E-state index is 13.5. The lowest BCUT2D eigenvalue weighted by Gasteiger charge is -2.32. The number of amides is 2. The van der Waals surface area contributed by atoms with Crippen molar-refractivity contribution in [2.75, 3.05) is 26.7 Å². The van der Waals surface area contributed by atoms with Crippen molar-refractivity contribution in [2.45, 2.75) is 77.7 Å². The van der Waals surface area contributed by atoms with E-state index in [0.29, 0.717) is 29.6 Å². The van der Waals surface area contributed by atoms with Crippen LogP contribution in [0.2, 0.25) is 10.0 Å². The lowest BCUT2D eigenvalue weighted by Crippen LogP contribution is -2.47. The Kier molecular flexibility index (Phi) is 11.8. The number of benzene rings is 2. The first-order chi connectivity index (χ1) is 19.6. The molecule has 1 saturated heterocycles. The molecule has 2 N–H and O–H groups in total. The summed E-state index contributed by atoms with van der Waals surface area (Å²) in [6, 6.07) is 11.8. The van der Waals surface area contributed by atoms with Crippen LogP contribution >= 0.6 is 23.2 Å². The number of rotatable bonds is 11. The number of nitrogens with one attached hydrogen (secondary N) is 1. The number of alkyl carbamates (subject to hydrolysis) is 1. The summed E-state index contributed by atoms with van der Waals surface area (Å²) in [4.78, 5) is 43.1. The van der Waals surface area contributed by atoms with E-state index in [1.807, 2.05) is 38.1 Å². The average molecular weight is 621 g/mol. The first-order valence-electron chi connectivity index (χ1n) is 14.3. The number of Topliss-reactive ketones (excluding diaryl/α,β-unsaturated/α-hetero) is 1. The molecule has 1 fully saturated rings. The second-order valence-corrected chi connectivity index (χ2v) is 13.2. The molecule has 2 aromatic carbocycles. The van der Waals surface area contributed by atoms with Crippen molar-refractivity contribution in [1.29, 1.82) is 0 Å². The molecule has 3 atom stereocenters. The molecule has 8 nitrogen and oxygen atoms in total. The molecule has 0 aromatic heterocycles. The van der Waals surface area contributed by atoms with E-state index in [0.717, 1.165) is 23.2 Å². The zero-order valence-electron chi connectivity index (χ0n) is 25.3. The summed E-state index contributed by atoms with van der Waals surface area (Å²) in [5.41, 5.74) is 1.75. The number of halogens is 2. The van der Waals surface area contributed by atoms with Crippen LogP contribution in [-0.4, -0.2) is 77.1 Å². The molecule has 1 heterocycles. The van der Waals surface area contributed by atoms with Crippen LogP contribution in [0.15, 0.2) is 42.5 Å². The van der Waals surface area contributed by atoms with Gasteiger partial charge in [0.05, 0.1) is 34.7 Å². The summed E-state index contributed by atoms with van der Waals surface area (Å²) in [6.45, 7) is 10.9. The van der Waals surface area contributed by atoms with E-state index in [1.165, 1.54) is 0 Å². The van der Waals surface area contributed by atoms with Gasteiger partial charge in [0.1, 0.15) is 5.60 Å². The number of hydrogen-bond acceptors (Lipinski definition) is 6. The highest BCUT2D eigenvalue weighted by atomic mass is 35.5. The van der Waals surface area contributed by atoms with Crippen molar-refractivity contribution in [3.8, 4) is 0 Å². The van der Waals surface area contributed by atoms with E-state index < -0.39 is 23.8 Å². The van der Waals surface area contributed by atoms with Crippen LogP contribution in [-0.2, 0) is 27.2 Å². The fourth-order valence-corrected chi connectivity index (χ4v) is 5.39. The molecule has 10 heteroatoms. The Morgan fingerprint density at radius 2 is 1.76 bits per heavy atom. The molecule has 1 aliphatic rings. The predicted octanol–water partition coefficient (Wildman–Crippen LogP) is 5.46. The van der Waals surface area contributed by atoms with Gasteiger partial charge in [0.25, 0.3) is 0 Å². The normalized spacial score (nSPS) is 17.1. The van der Waals surface area contributed by atoms with E-state index in [2.05, 4.69) is 10.2 Å². The van der Waals surface area contributed by atoms with Crippen molar-refractivity contribution in [3.05, 3.63) is 69.2 Å². The van der Waals surface area contributed by atoms with Crippen LogP contribution in [0, 0.1) is 5.92 Å². The number of nitrogens with zero attached hydrogens (tertiary/aromatic N) is 2. The molecule has 2 aromatic rings. The smallest absolute Gasteiger partial charge is 0.408 e. The Bertz CT molecular complexity index is 1260. The molecule has 2 amide bonds. The fourth-order valence-electron chi connectivity index (χ4n) is 5.07. The van der Waals surface area contributed by atoms with Gasteiger partial charge in [0, 0.05) is 33.1 Å². The Balaban J connectivity index is 1.81. The number of carbonyl (C=O) groups is 3. The third kappa shape index (κ3) is 9.97. The maximum Gasteiger partial charge on any atom is 0.408 e. The van der Waals surface area contributed by atoms with E-state index in [4.69, 9.17) is 27.9 Å². The highest BCUT2D eigenvalue weighted by molar-refractivity contribution is 6.42.